The number of halogens is 2. The molecule has 0 aliphatic rings. The predicted molar refractivity (Wildman–Crippen MR) is 161 cm³/mol. The Labute approximate surface area is 259 Å². The molecule has 0 aliphatic heterocycles. The fourth-order valence-electron chi connectivity index (χ4n) is 3.09. The third kappa shape index (κ3) is 11.8. The van der Waals surface area contributed by atoms with E-state index in [0.717, 1.165) is 34.2 Å². The smallest absolute Gasteiger partial charge is 0.0886 e. The van der Waals surface area contributed by atoms with Crippen molar-refractivity contribution in [3.05, 3.63) is 146 Å². The number of aromatic nitrogens is 6. The van der Waals surface area contributed by atoms with Crippen molar-refractivity contribution in [3.8, 4) is 34.2 Å². The van der Waals surface area contributed by atoms with E-state index in [2.05, 4.69) is 29.9 Å². The molecule has 0 fully saturated rings. The maximum absolute atomic E-state index is 4.19. The quantitative estimate of drug-likeness (QED) is 0.202. The molecule has 0 saturated carbocycles. The Hall–Kier alpha value is -3.94. The fourth-order valence-corrected chi connectivity index (χ4v) is 3.09. The fraction of sp³-hybridized carbons (Fsp3) is 0. The van der Waals surface area contributed by atoms with Crippen LogP contribution < -0.4 is 0 Å². The van der Waals surface area contributed by atoms with Crippen molar-refractivity contribution in [1.29, 1.82) is 0 Å². The van der Waals surface area contributed by atoms with E-state index in [9.17, 15) is 0 Å². The zero-order valence-electron chi connectivity index (χ0n) is 21.2. The molecule has 7 nitrogen and oxygen atoms in total. The average Bonchev–Trinajstić information content (AvgIpc) is 3.01. The molecule has 0 atom stereocenters. The van der Waals surface area contributed by atoms with E-state index in [0.29, 0.717) is 0 Å². The van der Waals surface area contributed by atoms with Gasteiger partial charge in [0.25, 0.3) is 0 Å². The molecule has 6 aromatic rings. The molecule has 206 valence electrons. The molecular weight excluding hydrogens is 632 g/mol. The van der Waals surface area contributed by atoms with E-state index < -0.39 is 0 Å². The third-order valence-corrected chi connectivity index (χ3v) is 4.78. The molecule has 6 rings (SSSR count). The van der Waals surface area contributed by atoms with Gasteiger partial charge in [-0.25, -0.2) is 0 Å². The number of hydrogen-bond donors (Lipinski definition) is 0. The Kier molecular flexibility index (Phi) is 18.9. The van der Waals surface area contributed by atoms with Gasteiger partial charge in [-0.3, -0.25) is 29.9 Å². The second-order valence-electron chi connectivity index (χ2n) is 7.29. The van der Waals surface area contributed by atoms with Crippen LogP contribution in [0.1, 0.15) is 0 Å². The molecule has 0 radical (unpaired) electrons. The van der Waals surface area contributed by atoms with Crippen molar-refractivity contribution < 1.29 is 25.0 Å². The summed E-state index contributed by atoms with van der Waals surface area (Å²) >= 11 is 0. The van der Waals surface area contributed by atoms with Crippen molar-refractivity contribution in [2.24, 2.45) is 0 Å². The van der Waals surface area contributed by atoms with Crippen LogP contribution in [0.3, 0.4) is 0 Å². The van der Waals surface area contributed by atoms with E-state index in [4.69, 9.17) is 0 Å². The Bertz CT molecular complexity index is 1120. The van der Waals surface area contributed by atoms with Gasteiger partial charge >= 0.3 is 0 Å². The Balaban J connectivity index is 0.000000543. The molecule has 2 N–H and O–H groups in total. The SMILES string of the molecule is Cl.Cl.O.[Ru].c1ccc(-c2ccccn2)nc1.c1ccc(-c2ccccn2)nc1.c1ccc(-c2ccccn2)nc1. The minimum absolute atomic E-state index is 0. The van der Waals surface area contributed by atoms with Crippen LogP contribution in [0.5, 0.6) is 0 Å². The molecule has 0 saturated heterocycles. The summed E-state index contributed by atoms with van der Waals surface area (Å²) in [4.78, 5) is 25.1. The van der Waals surface area contributed by atoms with Gasteiger partial charge in [0.1, 0.15) is 0 Å². The van der Waals surface area contributed by atoms with Crippen LogP contribution in [0.25, 0.3) is 34.2 Å². The molecular formula is C30H28Cl2N6ORu. The van der Waals surface area contributed by atoms with E-state index >= 15 is 0 Å². The molecule has 0 bridgehead atoms. The maximum atomic E-state index is 4.19. The molecule has 0 amide bonds. The second-order valence-corrected chi connectivity index (χ2v) is 7.29. The van der Waals surface area contributed by atoms with Crippen LogP contribution in [-0.2, 0) is 19.5 Å². The summed E-state index contributed by atoms with van der Waals surface area (Å²) in [5.74, 6) is 0. The van der Waals surface area contributed by atoms with Crippen LogP contribution in [0.2, 0.25) is 0 Å². The molecule has 6 aromatic heterocycles. The van der Waals surface area contributed by atoms with Crippen molar-refractivity contribution >= 4 is 24.8 Å². The van der Waals surface area contributed by atoms with E-state index in [1.54, 1.807) is 37.2 Å². The van der Waals surface area contributed by atoms with Crippen molar-refractivity contribution in [1.82, 2.24) is 29.9 Å². The summed E-state index contributed by atoms with van der Waals surface area (Å²) in [6, 6.07) is 34.8. The Morgan fingerprint density at radius 3 is 0.525 bits per heavy atom. The summed E-state index contributed by atoms with van der Waals surface area (Å²) in [7, 11) is 0. The molecule has 10 heteroatoms. The summed E-state index contributed by atoms with van der Waals surface area (Å²) in [5, 5.41) is 0. The predicted octanol–water partition coefficient (Wildman–Crippen LogP) is 6.45. The largest absolute Gasteiger partial charge is 0.412 e. The standard InChI is InChI=1S/3C10H8N2.2ClH.H2O.Ru/c3*1-3-7-11-9(5-1)10-6-2-4-8-12-10;;;;/h3*1-8H;2*1H;1H2;. The Morgan fingerprint density at radius 1 is 0.275 bits per heavy atom. The van der Waals surface area contributed by atoms with Gasteiger partial charge in [-0.1, -0.05) is 36.4 Å². The zero-order valence-corrected chi connectivity index (χ0v) is 24.6. The van der Waals surface area contributed by atoms with Gasteiger partial charge < -0.3 is 5.48 Å². The molecule has 0 aromatic carbocycles. The van der Waals surface area contributed by atoms with Crippen molar-refractivity contribution in [3.63, 3.8) is 0 Å². The minimum atomic E-state index is 0. The molecule has 0 spiro atoms. The van der Waals surface area contributed by atoms with Crippen LogP contribution in [0.15, 0.2) is 146 Å². The third-order valence-electron chi connectivity index (χ3n) is 4.78. The summed E-state index contributed by atoms with van der Waals surface area (Å²) in [5.41, 5.74) is 5.49. The topological polar surface area (TPSA) is 109 Å². The van der Waals surface area contributed by atoms with Gasteiger partial charge in [0.15, 0.2) is 0 Å². The van der Waals surface area contributed by atoms with Gasteiger partial charge in [0, 0.05) is 56.7 Å². The minimum Gasteiger partial charge on any atom is -0.412 e. The molecule has 0 aliphatic carbocycles. The zero-order chi connectivity index (χ0) is 24.7. The maximum Gasteiger partial charge on any atom is 0.0886 e. The first-order valence-electron chi connectivity index (χ1n) is 11.4. The van der Waals surface area contributed by atoms with E-state index in [1.165, 1.54) is 0 Å². The van der Waals surface area contributed by atoms with Gasteiger partial charge in [0.05, 0.1) is 34.2 Å². The van der Waals surface area contributed by atoms with Gasteiger partial charge in [-0.15, -0.1) is 24.8 Å². The number of hydrogen-bond acceptors (Lipinski definition) is 6. The second kappa shape index (κ2) is 21.0. The number of rotatable bonds is 3. The van der Waals surface area contributed by atoms with Crippen molar-refractivity contribution in [2.75, 3.05) is 0 Å². The summed E-state index contributed by atoms with van der Waals surface area (Å²) in [6.45, 7) is 0. The summed E-state index contributed by atoms with van der Waals surface area (Å²) < 4.78 is 0. The monoisotopic (exact) mass is 660 g/mol. The molecule has 0 unspecified atom stereocenters. The van der Waals surface area contributed by atoms with Crippen molar-refractivity contribution in [2.45, 2.75) is 0 Å². The van der Waals surface area contributed by atoms with Gasteiger partial charge in [-0.2, -0.15) is 0 Å². The van der Waals surface area contributed by atoms with Gasteiger partial charge in [0.2, 0.25) is 0 Å². The van der Waals surface area contributed by atoms with Crippen LogP contribution in [0.4, 0.5) is 0 Å². The van der Waals surface area contributed by atoms with Crippen LogP contribution in [0, 0.1) is 0 Å². The van der Waals surface area contributed by atoms with E-state index in [1.807, 2.05) is 109 Å². The van der Waals surface area contributed by atoms with Crippen LogP contribution >= 0.6 is 24.8 Å². The normalized spacial score (nSPS) is 8.70. The van der Waals surface area contributed by atoms with Gasteiger partial charge in [-0.05, 0) is 72.8 Å². The molecule has 6 heterocycles. The van der Waals surface area contributed by atoms with Crippen LogP contribution in [-0.4, -0.2) is 35.4 Å². The van der Waals surface area contributed by atoms with E-state index in [-0.39, 0.29) is 49.8 Å². The first-order chi connectivity index (χ1) is 17.9. The number of pyridine rings is 6. The first kappa shape index (κ1) is 36.1. The average molecular weight is 661 g/mol. The Morgan fingerprint density at radius 2 is 0.425 bits per heavy atom. The summed E-state index contributed by atoms with van der Waals surface area (Å²) in [6.07, 6.45) is 10.6. The first-order valence-corrected chi connectivity index (χ1v) is 11.4. The molecule has 40 heavy (non-hydrogen) atoms. The number of nitrogens with zero attached hydrogens (tertiary/aromatic N) is 6.